The summed E-state index contributed by atoms with van der Waals surface area (Å²) in [5.41, 5.74) is -0.246. The van der Waals surface area contributed by atoms with Crippen molar-refractivity contribution in [1.82, 2.24) is 5.32 Å². The molecule has 1 amide bonds. The number of halogens is 1. The second-order valence-electron chi connectivity index (χ2n) is 5.42. The van der Waals surface area contributed by atoms with Gasteiger partial charge in [0.25, 0.3) is 5.69 Å². The molecule has 0 radical (unpaired) electrons. The summed E-state index contributed by atoms with van der Waals surface area (Å²) in [5, 5.41) is 42.4. The molecule has 0 aliphatic carbocycles. The van der Waals surface area contributed by atoms with Crippen molar-refractivity contribution in [3.63, 3.8) is 0 Å². The Morgan fingerprint density at radius 2 is 2.12 bits per heavy atom. The van der Waals surface area contributed by atoms with E-state index in [0.717, 1.165) is 12.1 Å². The zero-order valence-corrected chi connectivity index (χ0v) is 13.8. The van der Waals surface area contributed by atoms with Gasteiger partial charge in [0.1, 0.15) is 30.1 Å². The van der Waals surface area contributed by atoms with Crippen molar-refractivity contribution in [1.29, 1.82) is 0 Å². The highest BCUT2D eigenvalue weighted by Gasteiger charge is 2.46. The maximum atomic E-state index is 11.3. The van der Waals surface area contributed by atoms with Crippen LogP contribution >= 0.6 is 11.6 Å². The van der Waals surface area contributed by atoms with Crippen LogP contribution in [0.25, 0.3) is 0 Å². The number of rotatable bonds is 5. The van der Waals surface area contributed by atoms with Crippen LogP contribution in [0.3, 0.4) is 0 Å². The van der Waals surface area contributed by atoms with Gasteiger partial charge in [0.2, 0.25) is 12.2 Å². The van der Waals surface area contributed by atoms with Crippen molar-refractivity contribution in [3.8, 4) is 5.75 Å². The van der Waals surface area contributed by atoms with Gasteiger partial charge in [-0.2, -0.15) is 0 Å². The molecular formula is C14H17ClN2O8. The molecule has 1 aliphatic rings. The summed E-state index contributed by atoms with van der Waals surface area (Å²) in [6, 6.07) is 2.32. The lowest BCUT2D eigenvalue weighted by Crippen LogP contribution is -2.65. The van der Waals surface area contributed by atoms with E-state index in [2.05, 4.69) is 5.32 Å². The summed E-state index contributed by atoms with van der Waals surface area (Å²) in [6.45, 7) is 0.603. The third-order valence-corrected chi connectivity index (χ3v) is 3.92. The molecule has 1 saturated heterocycles. The molecule has 0 saturated carbocycles. The van der Waals surface area contributed by atoms with Crippen LogP contribution in [0.15, 0.2) is 18.2 Å². The Morgan fingerprint density at radius 3 is 2.64 bits per heavy atom. The molecule has 0 aromatic heterocycles. The van der Waals surface area contributed by atoms with Crippen molar-refractivity contribution in [2.24, 2.45) is 0 Å². The fourth-order valence-electron chi connectivity index (χ4n) is 2.40. The summed E-state index contributed by atoms with van der Waals surface area (Å²) in [7, 11) is 0. The number of aliphatic hydroxyl groups is 3. The predicted octanol–water partition coefficient (Wildman–Crippen LogP) is -0.429. The van der Waals surface area contributed by atoms with Crippen LogP contribution < -0.4 is 10.1 Å². The van der Waals surface area contributed by atoms with Gasteiger partial charge in [-0.3, -0.25) is 14.9 Å². The maximum Gasteiger partial charge on any atom is 0.271 e. The molecule has 5 atom stereocenters. The molecule has 1 fully saturated rings. The highest BCUT2D eigenvalue weighted by molar-refractivity contribution is 6.32. The zero-order chi connectivity index (χ0) is 18.7. The molecule has 10 nitrogen and oxygen atoms in total. The van der Waals surface area contributed by atoms with Crippen LogP contribution in [0.4, 0.5) is 5.69 Å². The van der Waals surface area contributed by atoms with E-state index in [1.165, 1.54) is 13.0 Å². The van der Waals surface area contributed by atoms with E-state index < -0.39 is 48.1 Å². The van der Waals surface area contributed by atoms with Gasteiger partial charge >= 0.3 is 0 Å². The highest BCUT2D eigenvalue weighted by Crippen LogP contribution is 2.32. The first-order chi connectivity index (χ1) is 11.7. The molecule has 0 unspecified atom stereocenters. The molecule has 2 rings (SSSR count). The van der Waals surface area contributed by atoms with Crippen molar-refractivity contribution in [3.05, 3.63) is 33.3 Å². The van der Waals surface area contributed by atoms with E-state index >= 15 is 0 Å². The lowest BCUT2D eigenvalue weighted by atomic mass is 9.97. The van der Waals surface area contributed by atoms with Gasteiger partial charge in [-0.1, -0.05) is 11.6 Å². The van der Waals surface area contributed by atoms with Crippen LogP contribution in [0.2, 0.25) is 5.02 Å². The lowest BCUT2D eigenvalue weighted by Gasteiger charge is -2.42. The standard InChI is InChI=1S/C14H17ClN2O8/c1-6(19)16-11-13(21)12(20)10(5-18)25-14(11)24-9-3-2-7(17(22)23)4-8(9)15/h2-4,10-14,18,20-21H,5H2,1H3,(H,16,19)/t10-,11-,12-,13-,14-/m0/s1. The van der Waals surface area contributed by atoms with Gasteiger partial charge in [-0.25, -0.2) is 0 Å². The molecule has 1 aromatic rings. The van der Waals surface area contributed by atoms with Gasteiger partial charge in [-0.15, -0.1) is 0 Å². The zero-order valence-electron chi connectivity index (χ0n) is 13.0. The lowest BCUT2D eigenvalue weighted by molar-refractivity contribution is -0.384. The largest absolute Gasteiger partial charge is 0.461 e. The number of ether oxygens (including phenoxy) is 2. The fourth-order valence-corrected chi connectivity index (χ4v) is 2.61. The molecule has 1 aromatic carbocycles. The van der Waals surface area contributed by atoms with Gasteiger partial charge in [0.15, 0.2) is 0 Å². The van der Waals surface area contributed by atoms with Crippen molar-refractivity contribution in [2.45, 2.75) is 37.6 Å². The van der Waals surface area contributed by atoms with Crippen molar-refractivity contribution in [2.75, 3.05) is 6.61 Å². The van der Waals surface area contributed by atoms with Gasteiger partial charge in [-0.05, 0) is 6.07 Å². The minimum Gasteiger partial charge on any atom is -0.461 e. The summed E-state index contributed by atoms with van der Waals surface area (Å²) in [4.78, 5) is 21.4. The first-order valence-electron chi connectivity index (χ1n) is 7.24. The molecular weight excluding hydrogens is 360 g/mol. The number of amides is 1. The van der Waals surface area contributed by atoms with E-state index in [9.17, 15) is 30.2 Å². The smallest absolute Gasteiger partial charge is 0.271 e. The number of carbonyl (C=O) groups is 1. The number of non-ortho nitro benzene ring substituents is 1. The molecule has 1 aliphatic heterocycles. The molecule has 138 valence electrons. The molecule has 0 bridgehead atoms. The van der Waals surface area contributed by atoms with E-state index in [4.69, 9.17) is 21.1 Å². The topological polar surface area (TPSA) is 151 Å². The summed E-state index contributed by atoms with van der Waals surface area (Å²) in [6.07, 6.45) is -5.37. The number of nitro groups is 1. The van der Waals surface area contributed by atoms with Gasteiger partial charge in [0, 0.05) is 19.1 Å². The third kappa shape index (κ3) is 4.35. The minimum atomic E-state index is -1.48. The van der Waals surface area contributed by atoms with Gasteiger partial charge < -0.3 is 30.1 Å². The second-order valence-corrected chi connectivity index (χ2v) is 5.83. The Labute approximate surface area is 147 Å². The van der Waals surface area contributed by atoms with E-state index in [1.54, 1.807) is 0 Å². The maximum absolute atomic E-state index is 11.3. The monoisotopic (exact) mass is 376 g/mol. The van der Waals surface area contributed by atoms with E-state index in [1.807, 2.05) is 0 Å². The number of hydrogen-bond acceptors (Lipinski definition) is 8. The number of nitrogens with zero attached hydrogens (tertiary/aromatic N) is 1. The molecule has 0 spiro atoms. The number of benzene rings is 1. The Hall–Kier alpha value is -1.98. The van der Waals surface area contributed by atoms with Crippen molar-refractivity contribution < 1.29 is 34.5 Å². The van der Waals surface area contributed by atoms with Crippen LogP contribution in [0, 0.1) is 10.1 Å². The average molecular weight is 377 g/mol. The number of nitrogens with one attached hydrogen (secondary N) is 1. The molecule has 4 N–H and O–H groups in total. The van der Waals surface area contributed by atoms with Crippen LogP contribution in [0.1, 0.15) is 6.92 Å². The molecule has 25 heavy (non-hydrogen) atoms. The number of aliphatic hydroxyl groups excluding tert-OH is 3. The van der Waals surface area contributed by atoms with E-state index in [-0.39, 0.29) is 16.5 Å². The summed E-state index contributed by atoms with van der Waals surface area (Å²) in [5.74, 6) is -0.501. The van der Waals surface area contributed by atoms with Crippen molar-refractivity contribution >= 4 is 23.2 Å². The Bertz CT molecular complexity index is 658. The van der Waals surface area contributed by atoms with Crippen LogP contribution in [-0.4, -0.2) is 63.4 Å². The normalized spacial score (nSPS) is 29.1. The molecule has 1 heterocycles. The number of nitro benzene ring substituents is 1. The Balaban J connectivity index is 2.26. The molecule has 11 heteroatoms. The Kier molecular flexibility index (Phi) is 6.14. The van der Waals surface area contributed by atoms with Crippen LogP contribution in [0.5, 0.6) is 5.75 Å². The third-order valence-electron chi connectivity index (χ3n) is 3.62. The van der Waals surface area contributed by atoms with Crippen LogP contribution in [-0.2, 0) is 9.53 Å². The highest BCUT2D eigenvalue weighted by atomic mass is 35.5. The first kappa shape index (κ1) is 19.3. The summed E-state index contributed by atoms with van der Waals surface area (Å²) >= 11 is 5.95. The average Bonchev–Trinajstić information content (AvgIpc) is 2.55. The summed E-state index contributed by atoms with van der Waals surface area (Å²) < 4.78 is 10.9. The first-order valence-corrected chi connectivity index (χ1v) is 7.62. The van der Waals surface area contributed by atoms with E-state index in [0.29, 0.717) is 0 Å². The predicted molar refractivity (Wildman–Crippen MR) is 84.1 cm³/mol. The fraction of sp³-hybridized carbons (Fsp3) is 0.500. The van der Waals surface area contributed by atoms with Gasteiger partial charge in [0.05, 0.1) is 16.6 Å². The Morgan fingerprint density at radius 1 is 1.44 bits per heavy atom. The SMILES string of the molecule is CC(=O)N[C@@H]1[C@@H](Oc2ccc([N+](=O)[O-])cc2Cl)O[C@@H](CO)[C@H](O)[C@H]1O. The number of carbonyl (C=O) groups excluding carboxylic acids is 1. The minimum absolute atomic E-state index is 0.00731. The quantitative estimate of drug-likeness (QED) is 0.399. The second kappa shape index (κ2) is 7.93. The number of hydrogen-bond donors (Lipinski definition) is 4.